The summed E-state index contributed by atoms with van der Waals surface area (Å²) in [5, 5.41) is 0.130. The van der Waals surface area contributed by atoms with Crippen LogP contribution >= 0.6 is 15.9 Å². The summed E-state index contributed by atoms with van der Waals surface area (Å²) in [6, 6.07) is 17.3. The van der Waals surface area contributed by atoms with Crippen molar-refractivity contribution in [1.29, 1.82) is 0 Å². The number of hydrogen-bond acceptors (Lipinski definition) is 2. The summed E-state index contributed by atoms with van der Waals surface area (Å²) in [4.78, 5) is 15.1. The molecule has 0 aliphatic rings. The lowest BCUT2D eigenvalue weighted by Crippen LogP contribution is -2.47. The van der Waals surface area contributed by atoms with E-state index in [0.29, 0.717) is 12.1 Å². The van der Waals surface area contributed by atoms with E-state index in [0.717, 1.165) is 10.2 Å². The van der Waals surface area contributed by atoms with E-state index >= 15 is 0 Å². The molecule has 5 heteroatoms. The number of anilines is 1. The molecule has 0 saturated heterocycles. The molecule has 0 N–H and O–H groups in total. The zero-order chi connectivity index (χ0) is 20.2. The molecule has 0 fully saturated rings. The van der Waals surface area contributed by atoms with Gasteiger partial charge in [-0.25, -0.2) is 0 Å². The fourth-order valence-corrected chi connectivity index (χ4v) is 4.56. The van der Waals surface area contributed by atoms with Gasteiger partial charge in [0, 0.05) is 10.2 Å². The van der Waals surface area contributed by atoms with Crippen molar-refractivity contribution in [1.82, 2.24) is 0 Å². The van der Waals surface area contributed by atoms with E-state index in [9.17, 15) is 4.79 Å². The third kappa shape index (κ3) is 5.53. The Morgan fingerprint density at radius 2 is 1.63 bits per heavy atom. The molecule has 1 amide bonds. The highest BCUT2D eigenvalue weighted by atomic mass is 79.9. The molecule has 2 aromatic rings. The maximum atomic E-state index is 13.3. The third-order valence-electron chi connectivity index (χ3n) is 5.16. The van der Waals surface area contributed by atoms with Crippen LogP contribution in [0.1, 0.15) is 38.1 Å². The van der Waals surface area contributed by atoms with Crippen LogP contribution in [-0.4, -0.2) is 26.9 Å². The normalized spacial score (nSPS) is 13.3. The summed E-state index contributed by atoms with van der Waals surface area (Å²) < 4.78 is 7.30. The number of para-hydroxylation sites is 1. The minimum atomic E-state index is -1.91. The Morgan fingerprint density at radius 1 is 1.07 bits per heavy atom. The SMILES string of the molecule is CC(CN(C(=O)c1ccccc1Br)c1ccccc1)O[Si](C)(C)C(C)(C)C. The minimum Gasteiger partial charge on any atom is -0.412 e. The smallest absolute Gasteiger partial charge is 0.259 e. The first-order chi connectivity index (χ1) is 12.5. The minimum absolute atomic E-state index is 0.0284. The molecule has 146 valence electrons. The average Bonchev–Trinajstić information content (AvgIpc) is 2.59. The molecule has 0 aromatic heterocycles. The molecule has 0 heterocycles. The van der Waals surface area contributed by atoms with Gasteiger partial charge in [0.25, 0.3) is 5.91 Å². The number of benzene rings is 2. The highest BCUT2D eigenvalue weighted by Gasteiger charge is 2.39. The fourth-order valence-electron chi connectivity index (χ4n) is 2.67. The lowest BCUT2D eigenvalue weighted by Gasteiger charge is -2.39. The standard InChI is InChI=1S/C22H30BrNO2Si/c1-17(26-27(5,6)22(2,3)4)16-24(18-12-8-7-9-13-18)21(25)19-14-10-11-15-20(19)23/h7-15,17H,16H2,1-6H3. The number of hydrogen-bond donors (Lipinski definition) is 0. The first-order valence-corrected chi connectivity index (χ1v) is 13.0. The Balaban J connectivity index is 2.29. The van der Waals surface area contributed by atoms with Gasteiger partial charge in [0.1, 0.15) is 0 Å². The molecular formula is C22H30BrNO2Si. The lowest BCUT2D eigenvalue weighted by molar-refractivity contribution is 0.0969. The van der Waals surface area contributed by atoms with Gasteiger partial charge >= 0.3 is 0 Å². The van der Waals surface area contributed by atoms with Gasteiger partial charge in [-0.3, -0.25) is 4.79 Å². The molecule has 27 heavy (non-hydrogen) atoms. The second kappa shape index (κ2) is 8.72. The first kappa shape index (κ1) is 21.9. The van der Waals surface area contributed by atoms with E-state index in [1.54, 1.807) is 0 Å². The zero-order valence-corrected chi connectivity index (χ0v) is 19.7. The predicted molar refractivity (Wildman–Crippen MR) is 120 cm³/mol. The molecule has 3 nitrogen and oxygen atoms in total. The molecule has 0 spiro atoms. The zero-order valence-electron chi connectivity index (χ0n) is 17.1. The second-order valence-corrected chi connectivity index (χ2v) is 14.0. The maximum Gasteiger partial charge on any atom is 0.259 e. The monoisotopic (exact) mass is 447 g/mol. The van der Waals surface area contributed by atoms with Crippen molar-refractivity contribution in [3.05, 3.63) is 64.6 Å². The van der Waals surface area contributed by atoms with E-state index in [2.05, 4.69) is 56.7 Å². The van der Waals surface area contributed by atoms with Crippen LogP contribution in [0.3, 0.4) is 0 Å². The Bertz CT molecular complexity index is 771. The van der Waals surface area contributed by atoms with Crippen LogP contribution in [-0.2, 0) is 4.43 Å². The van der Waals surface area contributed by atoms with Crippen molar-refractivity contribution < 1.29 is 9.22 Å². The quantitative estimate of drug-likeness (QED) is 0.472. The second-order valence-electron chi connectivity index (χ2n) is 8.42. The predicted octanol–water partition coefficient (Wildman–Crippen LogP) is 6.51. The lowest BCUT2D eigenvalue weighted by atomic mass is 10.1. The molecule has 2 aromatic carbocycles. The van der Waals surface area contributed by atoms with Gasteiger partial charge in [-0.05, 0) is 65.3 Å². The van der Waals surface area contributed by atoms with Gasteiger partial charge < -0.3 is 9.33 Å². The molecule has 0 aliphatic heterocycles. The molecule has 2 rings (SSSR count). The highest BCUT2D eigenvalue weighted by molar-refractivity contribution is 9.10. The summed E-state index contributed by atoms with van der Waals surface area (Å²) in [6.45, 7) is 13.7. The van der Waals surface area contributed by atoms with E-state index in [1.807, 2.05) is 59.5 Å². The van der Waals surface area contributed by atoms with Gasteiger partial charge in [0.05, 0.1) is 18.2 Å². The van der Waals surface area contributed by atoms with Crippen molar-refractivity contribution in [2.24, 2.45) is 0 Å². The van der Waals surface area contributed by atoms with Crippen LogP contribution in [0, 0.1) is 0 Å². The van der Waals surface area contributed by atoms with Crippen molar-refractivity contribution >= 4 is 35.8 Å². The van der Waals surface area contributed by atoms with Crippen LogP contribution in [0.25, 0.3) is 0 Å². The van der Waals surface area contributed by atoms with E-state index in [-0.39, 0.29) is 17.0 Å². The Labute approximate surface area is 173 Å². The third-order valence-corrected chi connectivity index (χ3v) is 10.5. The molecule has 0 bridgehead atoms. The number of carbonyl (C=O) groups is 1. The van der Waals surface area contributed by atoms with E-state index in [4.69, 9.17) is 4.43 Å². The van der Waals surface area contributed by atoms with Crippen LogP contribution in [0.4, 0.5) is 5.69 Å². The molecule has 0 saturated carbocycles. The summed E-state index contributed by atoms with van der Waals surface area (Å²) >= 11 is 3.51. The average molecular weight is 448 g/mol. The van der Waals surface area contributed by atoms with Crippen LogP contribution in [0.5, 0.6) is 0 Å². The topological polar surface area (TPSA) is 29.5 Å². The first-order valence-electron chi connectivity index (χ1n) is 9.32. The molecule has 1 unspecified atom stereocenters. The van der Waals surface area contributed by atoms with Crippen molar-refractivity contribution in [3.63, 3.8) is 0 Å². The number of amides is 1. The number of carbonyl (C=O) groups excluding carboxylic acids is 1. The Kier molecular flexibility index (Phi) is 7.06. The van der Waals surface area contributed by atoms with Gasteiger partial charge in [0.15, 0.2) is 8.32 Å². The number of nitrogens with zero attached hydrogens (tertiary/aromatic N) is 1. The summed E-state index contributed by atoms with van der Waals surface area (Å²) in [5.74, 6) is -0.0284. The molecule has 0 aliphatic carbocycles. The van der Waals surface area contributed by atoms with Gasteiger partial charge in [-0.1, -0.05) is 51.1 Å². The fraction of sp³-hybridized carbons (Fsp3) is 0.409. The van der Waals surface area contributed by atoms with Gasteiger partial charge in [-0.2, -0.15) is 0 Å². The van der Waals surface area contributed by atoms with Gasteiger partial charge in [0.2, 0.25) is 0 Å². The van der Waals surface area contributed by atoms with E-state index < -0.39 is 8.32 Å². The van der Waals surface area contributed by atoms with E-state index in [1.165, 1.54) is 0 Å². The number of rotatable bonds is 6. The highest BCUT2D eigenvalue weighted by Crippen LogP contribution is 2.37. The van der Waals surface area contributed by atoms with Crippen molar-refractivity contribution in [2.75, 3.05) is 11.4 Å². The Hall–Kier alpha value is -1.43. The van der Waals surface area contributed by atoms with Crippen LogP contribution < -0.4 is 4.90 Å². The maximum absolute atomic E-state index is 13.3. The molecule has 1 atom stereocenters. The molecule has 0 radical (unpaired) electrons. The molecular weight excluding hydrogens is 418 g/mol. The van der Waals surface area contributed by atoms with Crippen LogP contribution in [0.15, 0.2) is 59.1 Å². The van der Waals surface area contributed by atoms with Crippen molar-refractivity contribution in [3.8, 4) is 0 Å². The van der Waals surface area contributed by atoms with Crippen molar-refractivity contribution in [2.45, 2.75) is 51.9 Å². The largest absolute Gasteiger partial charge is 0.412 e. The summed E-state index contributed by atoms with van der Waals surface area (Å²) in [7, 11) is -1.91. The summed E-state index contributed by atoms with van der Waals surface area (Å²) in [5.41, 5.74) is 1.53. The summed E-state index contributed by atoms with van der Waals surface area (Å²) in [6.07, 6.45) is -0.0578. The number of halogens is 1. The Morgan fingerprint density at radius 3 is 2.19 bits per heavy atom. The van der Waals surface area contributed by atoms with Gasteiger partial charge in [-0.15, -0.1) is 0 Å². The van der Waals surface area contributed by atoms with Crippen LogP contribution in [0.2, 0.25) is 18.1 Å².